The van der Waals surface area contributed by atoms with E-state index in [1.54, 1.807) is 30.3 Å². The fourth-order valence-corrected chi connectivity index (χ4v) is 3.77. The van der Waals surface area contributed by atoms with Crippen molar-refractivity contribution in [2.75, 3.05) is 12.0 Å². The summed E-state index contributed by atoms with van der Waals surface area (Å²) in [4.78, 5) is 27.2. The van der Waals surface area contributed by atoms with Gasteiger partial charge >= 0.3 is 0 Å². The van der Waals surface area contributed by atoms with E-state index in [-0.39, 0.29) is 10.7 Å². The number of para-hydroxylation sites is 3. The van der Waals surface area contributed by atoms with Gasteiger partial charge in [-0.2, -0.15) is 0 Å². The molecule has 146 valence electrons. The lowest BCUT2D eigenvalue weighted by Gasteiger charge is -2.29. The lowest BCUT2D eigenvalue weighted by molar-refractivity contribution is -0.122. The smallest absolute Gasteiger partial charge is 0.270 e. The topological polar surface area (TPSA) is 63.6 Å². The van der Waals surface area contributed by atoms with Crippen LogP contribution in [0, 0.1) is 0 Å². The highest BCUT2D eigenvalue weighted by molar-refractivity contribution is 7.80. The summed E-state index contributed by atoms with van der Waals surface area (Å²) in [6.45, 7) is 2.82. The van der Waals surface area contributed by atoms with Gasteiger partial charge in [-0.1, -0.05) is 30.3 Å². The number of ether oxygens (including phenoxy) is 1. The number of amides is 2. The molecule has 1 aliphatic rings. The maximum absolute atomic E-state index is 13.3. The number of thiocarbonyl (C=S) groups is 1. The number of hydrogen-bond acceptors (Lipinski definition) is 4. The van der Waals surface area contributed by atoms with Crippen LogP contribution in [-0.2, 0) is 16.1 Å². The molecule has 7 heteroatoms. The Bertz CT molecular complexity index is 1180. The number of rotatable bonds is 4. The molecular formula is C22H19N3O3S. The van der Waals surface area contributed by atoms with Crippen LogP contribution >= 0.6 is 12.2 Å². The molecule has 0 radical (unpaired) electrons. The van der Waals surface area contributed by atoms with E-state index >= 15 is 0 Å². The van der Waals surface area contributed by atoms with E-state index in [4.69, 9.17) is 17.0 Å². The van der Waals surface area contributed by atoms with Crippen molar-refractivity contribution < 1.29 is 14.3 Å². The maximum Gasteiger partial charge on any atom is 0.270 e. The highest BCUT2D eigenvalue weighted by Crippen LogP contribution is 2.31. The summed E-state index contributed by atoms with van der Waals surface area (Å²) in [6.07, 6.45) is 3.56. The number of fused-ring (bicyclic) bond motifs is 1. The molecule has 1 N–H and O–H groups in total. The van der Waals surface area contributed by atoms with Gasteiger partial charge in [-0.3, -0.25) is 14.9 Å². The standard InChI is InChI=1S/C22H19N3O3S/c1-3-24-13-14(15-8-4-5-9-17(15)24)12-16-20(26)23-22(29)25(21(16)27)18-10-6-7-11-19(18)28-2/h4-13H,3H2,1-2H3,(H,23,26,29). The van der Waals surface area contributed by atoms with Gasteiger partial charge in [0.25, 0.3) is 11.8 Å². The van der Waals surface area contributed by atoms with Crippen LogP contribution < -0.4 is 15.0 Å². The summed E-state index contributed by atoms with van der Waals surface area (Å²) < 4.78 is 7.44. The molecule has 2 heterocycles. The average Bonchev–Trinajstić information content (AvgIpc) is 3.09. The van der Waals surface area contributed by atoms with E-state index in [2.05, 4.69) is 9.88 Å². The molecule has 0 aliphatic carbocycles. The van der Waals surface area contributed by atoms with Gasteiger partial charge in [-0.15, -0.1) is 0 Å². The molecule has 3 aromatic rings. The molecule has 0 bridgehead atoms. The van der Waals surface area contributed by atoms with Crippen molar-refractivity contribution in [1.29, 1.82) is 0 Å². The molecule has 1 aliphatic heterocycles. The van der Waals surface area contributed by atoms with Crippen molar-refractivity contribution in [1.82, 2.24) is 9.88 Å². The second-order valence-electron chi connectivity index (χ2n) is 6.52. The summed E-state index contributed by atoms with van der Waals surface area (Å²) >= 11 is 5.27. The van der Waals surface area contributed by atoms with Gasteiger partial charge in [0, 0.05) is 29.2 Å². The lowest BCUT2D eigenvalue weighted by atomic mass is 10.1. The fraction of sp³-hybridized carbons (Fsp3) is 0.136. The van der Waals surface area contributed by atoms with Crippen LogP contribution in [0.4, 0.5) is 5.69 Å². The Morgan fingerprint density at radius 2 is 1.83 bits per heavy atom. The molecule has 1 aromatic heterocycles. The Morgan fingerprint density at radius 1 is 1.10 bits per heavy atom. The predicted molar refractivity (Wildman–Crippen MR) is 117 cm³/mol. The minimum Gasteiger partial charge on any atom is -0.495 e. The van der Waals surface area contributed by atoms with Crippen LogP contribution in [-0.4, -0.2) is 28.6 Å². The van der Waals surface area contributed by atoms with Gasteiger partial charge in [0.2, 0.25) is 0 Å². The molecule has 0 atom stereocenters. The summed E-state index contributed by atoms with van der Waals surface area (Å²) in [5.74, 6) is -0.516. The Balaban J connectivity index is 1.83. The Labute approximate surface area is 173 Å². The number of anilines is 1. The first kappa shape index (κ1) is 18.9. The second-order valence-corrected chi connectivity index (χ2v) is 6.90. The van der Waals surface area contributed by atoms with Crippen molar-refractivity contribution >= 4 is 51.8 Å². The number of nitrogens with zero attached hydrogens (tertiary/aromatic N) is 2. The quantitative estimate of drug-likeness (QED) is 0.410. The highest BCUT2D eigenvalue weighted by atomic mass is 32.1. The SMILES string of the molecule is CCn1cc(C=C2C(=O)NC(=S)N(c3ccccc3OC)C2=O)c2ccccc21. The minimum absolute atomic E-state index is 0.0171. The molecular weight excluding hydrogens is 386 g/mol. The van der Waals surface area contributed by atoms with Gasteiger partial charge in [-0.25, -0.2) is 4.90 Å². The van der Waals surface area contributed by atoms with Crippen LogP contribution in [0.25, 0.3) is 17.0 Å². The number of benzene rings is 2. The normalized spacial score (nSPS) is 15.9. The van der Waals surface area contributed by atoms with Gasteiger partial charge in [0.05, 0.1) is 12.8 Å². The third-order valence-electron chi connectivity index (χ3n) is 4.89. The van der Waals surface area contributed by atoms with Crippen LogP contribution in [0.3, 0.4) is 0 Å². The van der Waals surface area contributed by atoms with Gasteiger partial charge in [0.1, 0.15) is 11.3 Å². The molecule has 0 spiro atoms. The monoisotopic (exact) mass is 405 g/mol. The molecule has 2 aromatic carbocycles. The van der Waals surface area contributed by atoms with Gasteiger partial charge in [0.15, 0.2) is 5.11 Å². The maximum atomic E-state index is 13.3. The molecule has 0 saturated carbocycles. The third-order valence-corrected chi connectivity index (χ3v) is 5.17. The lowest BCUT2D eigenvalue weighted by Crippen LogP contribution is -2.54. The van der Waals surface area contributed by atoms with E-state index < -0.39 is 11.8 Å². The fourth-order valence-electron chi connectivity index (χ4n) is 3.50. The van der Waals surface area contributed by atoms with Gasteiger partial charge in [-0.05, 0) is 43.4 Å². The van der Waals surface area contributed by atoms with E-state index in [1.165, 1.54) is 12.0 Å². The van der Waals surface area contributed by atoms with E-state index in [0.29, 0.717) is 11.4 Å². The number of aryl methyl sites for hydroxylation is 1. The van der Waals surface area contributed by atoms with Crippen molar-refractivity contribution in [2.45, 2.75) is 13.5 Å². The number of nitrogens with one attached hydrogen (secondary N) is 1. The van der Waals surface area contributed by atoms with Crippen LogP contribution in [0.5, 0.6) is 5.75 Å². The Kier molecular flexibility index (Phi) is 4.90. The average molecular weight is 405 g/mol. The largest absolute Gasteiger partial charge is 0.495 e. The molecule has 29 heavy (non-hydrogen) atoms. The molecule has 2 amide bonds. The van der Waals surface area contributed by atoms with Crippen molar-refractivity contribution in [2.24, 2.45) is 0 Å². The first-order valence-corrected chi connectivity index (χ1v) is 9.58. The van der Waals surface area contributed by atoms with Crippen molar-refractivity contribution in [3.05, 3.63) is 65.9 Å². The Hall–Kier alpha value is -3.45. The summed E-state index contributed by atoms with van der Waals surface area (Å²) in [6, 6.07) is 14.9. The number of aromatic nitrogens is 1. The summed E-state index contributed by atoms with van der Waals surface area (Å²) in [5.41, 5.74) is 2.34. The first-order chi connectivity index (χ1) is 14.0. The minimum atomic E-state index is -0.514. The zero-order chi connectivity index (χ0) is 20.5. The van der Waals surface area contributed by atoms with Crippen molar-refractivity contribution in [3.8, 4) is 5.75 Å². The third kappa shape index (κ3) is 3.19. The predicted octanol–water partition coefficient (Wildman–Crippen LogP) is 3.50. The zero-order valence-corrected chi connectivity index (χ0v) is 16.8. The molecule has 0 unspecified atom stereocenters. The molecule has 6 nitrogen and oxygen atoms in total. The highest BCUT2D eigenvalue weighted by Gasteiger charge is 2.35. The molecule has 1 fully saturated rings. The Morgan fingerprint density at radius 3 is 2.59 bits per heavy atom. The first-order valence-electron chi connectivity index (χ1n) is 9.17. The van der Waals surface area contributed by atoms with Crippen LogP contribution in [0.2, 0.25) is 0 Å². The molecule has 1 saturated heterocycles. The summed E-state index contributed by atoms with van der Waals surface area (Å²) in [5, 5.41) is 3.61. The number of carbonyl (C=O) groups excluding carboxylic acids is 2. The number of hydrogen-bond donors (Lipinski definition) is 1. The van der Waals surface area contributed by atoms with Gasteiger partial charge < -0.3 is 9.30 Å². The van der Waals surface area contributed by atoms with E-state index in [0.717, 1.165) is 23.0 Å². The summed E-state index contributed by atoms with van der Waals surface area (Å²) in [7, 11) is 1.52. The van der Waals surface area contributed by atoms with E-state index in [9.17, 15) is 9.59 Å². The van der Waals surface area contributed by atoms with E-state index in [1.807, 2.05) is 37.4 Å². The second kappa shape index (κ2) is 7.52. The number of carbonyl (C=O) groups is 2. The zero-order valence-electron chi connectivity index (χ0n) is 16.0. The van der Waals surface area contributed by atoms with Crippen molar-refractivity contribution in [3.63, 3.8) is 0 Å². The molecule has 4 rings (SSSR count). The number of methoxy groups -OCH3 is 1. The van der Waals surface area contributed by atoms with Crippen LogP contribution in [0.1, 0.15) is 12.5 Å². The van der Waals surface area contributed by atoms with Crippen LogP contribution in [0.15, 0.2) is 60.3 Å².